The predicted molar refractivity (Wildman–Crippen MR) is 121 cm³/mol. The van der Waals surface area contributed by atoms with E-state index in [9.17, 15) is 10.1 Å². The summed E-state index contributed by atoms with van der Waals surface area (Å²) in [6, 6.07) is 18.1. The molecule has 32 heavy (non-hydrogen) atoms. The Morgan fingerprint density at radius 1 is 1.16 bits per heavy atom. The Labute approximate surface area is 190 Å². The third-order valence-electron chi connectivity index (χ3n) is 5.81. The van der Waals surface area contributed by atoms with Crippen LogP contribution < -0.4 is 9.47 Å². The van der Waals surface area contributed by atoms with Crippen LogP contribution >= 0.6 is 11.6 Å². The van der Waals surface area contributed by atoms with Gasteiger partial charge in [0.15, 0.2) is 11.5 Å². The van der Waals surface area contributed by atoms with Gasteiger partial charge in [0.05, 0.1) is 23.8 Å². The summed E-state index contributed by atoms with van der Waals surface area (Å²) in [5, 5.41) is 18.5. The molecule has 0 spiro atoms. The summed E-state index contributed by atoms with van der Waals surface area (Å²) < 4.78 is 11.9. The van der Waals surface area contributed by atoms with Gasteiger partial charge < -0.3 is 9.47 Å². The molecule has 0 aliphatic carbocycles. The second-order valence-electron chi connectivity index (χ2n) is 7.86. The van der Waals surface area contributed by atoms with E-state index < -0.39 is 11.2 Å². The Morgan fingerprint density at radius 3 is 2.53 bits per heavy atom. The number of aryl methyl sites for hydroxylation is 1. The predicted octanol–water partition coefficient (Wildman–Crippen LogP) is 5.81. The van der Waals surface area contributed by atoms with Crippen molar-refractivity contribution in [3.63, 3.8) is 0 Å². The number of methoxy groups -OCH3 is 1. The smallest absolute Gasteiger partial charge is 0.269 e. The zero-order valence-corrected chi connectivity index (χ0v) is 18.2. The fourth-order valence-corrected chi connectivity index (χ4v) is 4.39. The first kappa shape index (κ1) is 20.3. The monoisotopic (exact) mass is 449 g/mol. The van der Waals surface area contributed by atoms with E-state index in [-0.39, 0.29) is 11.7 Å². The van der Waals surface area contributed by atoms with Crippen molar-refractivity contribution in [3.05, 3.63) is 98.1 Å². The number of nitro benzene ring substituents is 1. The maximum absolute atomic E-state index is 11.1. The summed E-state index contributed by atoms with van der Waals surface area (Å²) >= 11 is 6.37. The zero-order valence-electron chi connectivity index (χ0n) is 17.5. The van der Waals surface area contributed by atoms with Crippen LogP contribution in [0.25, 0.3) is 0 Å². The molecule has 0 saturated carbocycles. The van der Waals surface area contributed by atoms with E-state index >= 15 is 0 Å². The fourth-order valence-electron chi connectivity index (χ4n) is 4.18. The average molecular weight is 450 g/mol. The van der Waals surface area contributed by atoms with Gasteiger partial charge >= 0.3 is 0 Å². The van der Waals surface area contributed by atoms with Crippen LogP contribution in [0.15, 0.2) is 65.8 Å². The molecule has 0 N–H and O–H groups in total. The maximum atomic E-state index is 11.1. The molecule has 8 heteroatoms. The van der Waals surface area contributed by atoms with Gasteiger partial charge in [-0.25, -0.2) is 5.01 Å². The molecule has 7 nitrogen and oxygen atoms in total. The lowest BCUT2D eigenvalue weighted by molar-refractivity contribution is -0.384. The molecule has 0 amide bonds. The lowest BCUT2D eigenvalue weighted by Crippen LogP contribution is -2.33. The molecule has 3 aromatic carbocycles. The number of hydrazone groups is 1. The maximum Gasteiger partial charge on any atom is 0.269 e. The van der Waals surface area contributed by atoms with Crippen molar-refractivity contribution in [2.24, 2.45) is 5.10 Å². The van der Waals surface area contributed by atoms with E-state index in [0.29, 0.717) is 22.9 Å². The highest BCUT2D eigenvalue weighted by atomic mass is 35.5. The van der Waals surface area contributed by atoms with E-state index in [4.69, 9.17) is 26.2 Å². The number of hydrogen-bond acceptors (Lipinski definition) is 6. The summed E-state index contributed by atoms with van der Waals surface area (Å²) in [6.07, 6.45) is 0.109. The van der Waals surface area contributed by atoms with E-state index in [1.165, 1.54) is 17.7 Å². The summed E-state index contributed by atoms with van der Waals surface area (Å²) in [5.74, 6) is 1.16. The Morgan fingerprint density at radius 2 is 1.88 bits per heavy atom. The first-order chi connectivity index (χ1) is 15.4. The molecule has 2 aliphatic rings. The number of non-ortho nitro benzene ring substituents is 1. The van der Waals surface area contributed by atoms with Gasteiger partial charge in [0.2, 0.25) is 6.23 Å². The number of hydrogen-bond donors (Lipinski definition) is 0. The van der Waals surface area contributed by atoms with Gasteiger partial charge in [-0.1, -0.05) is 41.4 Å². The number of benzene rings is 3. The SMILES string of the molecule is COc1cc(Cl)cc2c1O[C@H](c1ccc([N+](=O)[O-])cc1)N1N=C(c3ccc(C)cc3)C[C@H]21. The number of fused-ring (bicyclic) bond motifs is 3. The molecule has 3 aromatic rings. The Balaban J connectivity index is 1.61. The zero-order chi connectivity index (χ0) is 22.4. The van der Waals surface area contributed by atoms with Crippen LogP contribution in [0.3, 0.4) is 0 Å². The minimum Gasteiger partial charge on any atom is -0.493 e. The highest BCUT2D eigenvalue weighted by Gasteiger charge is 2.42. The van der Waals surface area contributed by atoms with Gasteiger partial charge in [-0.05, 0) is 30.7 Å². The molecule has 0 radical (unpaired) electrons. The van der Waals surface area contributed by atoms with Gasteiger partial charge in [0.25, 0.3) is 5.69 Å². The first-order valence-electron chi connectivity index (χ1n) is 10.2. The second-order valence-corrected chi connectivity index (χ2v) is 8.29. The Hall–Kier alpha value is -3.58. The average Bonchev–Trinajstić information content (AvgIpc) is 3.24. The lowest BCUT2D eigenvalue weighted by Gasteiger charge is -2.38. The molecule has 162 valence electrons. The van der Waals surface area contributed by atoms with Crippen LogP contribution in [0.5, 0.6) is 11.5 Å². The molecular weight excluding hydrogens is 430 g/mol. The van der Waals surface area contributed by atoms with Crippen molar-refractivity contribution in [3.8, 4) is 11.5 Å². The van der Waals surface area contributed by atoms with Gasteiger partial charge in [0, 0.05) is 40.8 Å². The van der Waals surface area contributed by atoms with E-state index in [2.05, 4.69) is 24.3 Å². The van der Waals surface area contributed by atoms with E-state index in [1.54, 1.807) is 25.3 Å². The number of nitrogens with zero attached hydrogens (tertiary/aromatic N) is 3. The van der Waals surface area contributed by atoms with Crippen molar-refractivity contribution in [1.29, 1.82) is 0 Å². The normalized spacial score (nSPS) is 19.0. The number of ether oxygens (including phenoxy) is 2. The van der Waals surface area contributed by atoms with Crippen LogP contribution in [0.4, 0.5) is 5.69 Å². The van der Waals surface area contributed by atoms with Crippen LogP contribution in [-0.4, -0.2) is 22.8 Å². The van der Waals surface area contributed by atoms with Crippen LogP contribution in [0.2, 0.25) is 5.02 Å². The molecule has 0 fully saturated rings. The van der Waals surface area contributed by atoms with Gasteiger partial charge in [-0.2, -0.15) is 5.10 Å². The summed E-state index contributed by atoms with van der Waals surface area (Å²) in [5.41, 5.74) is 4.85. The number of halogens is 1. The minimum absolute atomic E-state index is 0.0242. The molecule has 2 aliphatic heterocycles. The molecular formula is C24H20ClN3O4. The van der Waals surface area contributed by atoms with Gasteiger partial charge in [-0.3, -0.25) is 10.1 Å². The lowest BCUT2D eigenvalue weighted by atomic mass is 9.95. The van der Waals surface area contributed by atoms with Crippen molar-refractivity contribution >= 4 is 23.0 Å². The highest BCUT2D eigenvalue weighted by molar-refractivity contribution is 6.30. The Kier molecular flexibility index (Phi) is 4.98. The molecule has 5 rings (SSSR count). The summed E-state index contributed by atoms with van der Waals surface area (Å²) in [6.45, 7) is 2.05. The van der Waals surface area contributed by atoms with Crippen molar-refractivity contribution in [2.45, 2.75) is 25.6 Å². The summed E-state index contributed by atoms with van der Waals surface area (Å²) in [7, 11) is 1.57. The quantitative estimate of drug-likeness (QED) is 0.371. The van der Waals surface area contributed by atoms with Gasteiger partial charge in [-0.15, -0.1) is 0 Å². The van der Waals surface area contributed by atoms with Gasteiger partial charge in [0.1, 0.15) is 0 Å². The molecule has 2 atom stereocenters. The molecule has 0 unspecified atom stereocenters. The van der Waals surface area contributed by atoms with E-state index in [0.717, 1.165) is 22.4 Å². The topological polar surface area (TPSA) is 77.2 Å². The molecule has 2 heterocycles. The molecule has 0 bridgehead atoms. The van der Waals surface area contributed by atoms with Crippen LogP contribution in [-0.2, 0) is 0 Å². The third kappa shape index (κ3) is 3.44. The minimum atomic E-state index is -0.564. The number of rotatable bonds is 4. The number of nitro groups is 1. The van der Waals surface area contributed by atoms with Crippen molar-refractivity contribution in [2.75, 3.05) is 7.11 Å². The first-order valence-corrected chi connectivity index (χ1v) is 10.5. The van der Waals surface area contributed by atoms with E-state index in [1.807, 2.05) is 18.0 Å². The van der Waals surface area contributed by atoms with Crippen molar-refractivity contribution in [1.82, 2.24) is 5.01 Å². The fraction of sp³-hybridized carbons (Fsp3) is 0.208. The Bertz CT molecular complexity index is 1230. The van der Waals surface area contributed by atoms with Crippen LogP contribution in [0, 0.1) is 17.0 Å². The summed E-state index contributed by atoms with van der Waals surface area (Å²) in [4.78, 5) is 10.7. The van der Waals surface area contributed by atoms with Crippen molar-refractivity contribution < 1.29 is 14.4 Å². The standard InChI is InChI=1S/C24H20ClN3O4/c1-14-3-5-15(6-4-14)20-13-21-19-11-17(25)12-22(31-2)23(19)32-24(27(21)26-20)16-7-9-18(10-8-16)28(29)30/h3-12,21,24H,13H2,1-2H3/t21-,24-/m1/s1. The molecule has 0 aromatic heterocycles. The third-order valence-corrected chi connectivity index (χ3v) is 6.03. The molecule has 0 saturated heterocycles. The largest absolute Gasteiger partial charge is 0.493 e. The highest BCUT2D eigenvalue weighted by Crippen LogP contribution is 2.51. The second kappa shape index (κ2) is 7.84. The van der Waals surface area contributed by atoms with Crippen LogP contribution in [0.1, 0.15) is 40.9 Å².